The van der Waals surface area contributed by atoms with Gasteiger partial charge in [-0.05, 0) is 89.0 Å². The molecule has 0 bridgehead atoms. The topological polar surface area (TPSA) is 137 Å². The molecule has 8 heteroatoms. The van der Waals surface area contributed by atoms with Crippen LogP contribution < -0.4 is 0 Å². The fourth-order valence-corrected chi connectivity index (χ4v) is 20.0. The molecule has 1 aliphatic rings. The number of fused-ring (bicyclic) bond motifs is 1. The maximum atomic E-state index is 19.4. The molecule has 129 heavy (non-hydrogen) atoms. The molecule has 8 nitrogen and oxygen atoms in total. The van der Waals surface area contributed by atoms with Gasteiger partial charge in [-0.1, -0.05) is 485 Å². The first-order valence-electron chi connectivity index (χ1n) is 43.6. The molecule has 0 spiro atoms. The number of carbonyl (C=O) groups is 8. The number of allylic oxidation sites excluding steroid dienone is 2. The summed E-state index contributed by atoms with van der Waals surface area (Å²) in [6.07, 6.45) is 0. The molecule has 0 radical (unpaired) electrons. The third-order valence-corrected chi connectivity index (χ3v) is 25.3. The Morgan fingerprint density at radius 2 is 0.318 bits per heavy atom. The first-order chi connectivity index (χ1) is 63.5. The van der Waals surface area contributed by atoms with Crippen molar-refractivity contribution in [1.29, 1.82) is 0 Å². The van der Waals surface area contributed by atoms with Crippen molar-refractivity contribution in [2.45, 2.75) is 52.8 Å². The van der Waals surface area contributed by atoms with Crippen LogP contribution >= 0.6 is 0 Å². The summed E-state index contributed by atoms with van der Waals surface area (Å²) in [5, 5.41) is 0. The quantitative estimate of drug-likeness (QED) is 0.0380. The minimum Gasteiger partial charge on any atom is -0.293 e. The van der Waals surface area contributed by atoms with Crippen molar-refractivity contribution in [3.05, 3.63) is 613 Å². The Labute approximate surface area is 751 Å². The van der Waals surface area contributed by atoms with Gasteiger partial charge in [-0.2, -0.15) is 0 Å². The van der Waals surface area contributed by atoms with Crippen LogP contribution in [-0.2, 0) is 5.41 Å². The van der Waals surface area contributed by atoms with E-state index in [1.807, 2.05) is 291 Å². The molecule has 0 aromatic heterocycles. The van der Waals surface area contributed by atoms with E-state index in [1.165, 1.54) is 0 Å². The van der Waals surface area contributed by atoms with Gasteiger partial charge < -0.3 is 0 Å². The maximum Gasteiger partial charge on any atom is 0.174 e. The highest BCUT2D eigenvalue weighted by molar-refractivity contribution is 6.20. The average Bonchev–Trinajstić information content (AvgIpc) is 1.50. The number of hydrogen-bond donors (Lipinski definition) is 0. The second-order valence-corrected chi connectivity index (χ2v) is 32.7. The fraction of sp³-hybridized carbons (Fsp3) is 0.0744. The number of ketones is 8. The van der Waals surface area contributed by atoms with Crippen molar-refractivity contribution < 1.29 is 38.4 Å². The summed E-state index contributed by atoms with van der Waals surface area (Å²) >= 11 is 0. The summed E-state index contributed by atoms with van der Waals surface area (Å²) in [5.74, 6) is -18.3. The zero-order valence-electron chi connectivity index (χ0n) is 70.6. The van der Waals surface area contributed by atoms with Crippen LogP contribution in [0.1, 0.15) is 208 Å². The smallest absolute Gasteiger partial charge is 0.174 e. The van der Waals surface area contributed by atoms with Crippen LogP contribution in [0.4, 0.5) is 0 Å². The zero-order valence-corrected chi connectivity index (χ0v) is 70.6. The average molecular weight is 1670 g/mol. The van der Waals surface area contributed by atoms with E-state index in [2.05, 4.69) is 0 Å². The number of Topliss-reactive ketones (excluding diaryl/α,β-unsaturated/α-hetero) is 8. The first-order valence-corrected chi connectivity index (χ1v) is 43.6. The van der Waals surface area contributed by atoms with E-state index >= 15 is 38.4 Å². The molecule has 0 heterocycles. The van der Waals surface area contributed by atoms with Crippen LogP contribution in [0.2, 0.25) is 0 Å². The lowest BCUT2D eigenvalue weighted by Crippen LogP contribution is -2.50. The predicted octanol–water partition coefficient (Wildman–Crippen LogP) is 26.4. The van der Waals surface area contributed by atoms with Gasteiger partial charge >= 0.3 is 0 Å². The molecular formula is C121H88O8. The number of hydrogen-bond acceptors (Lipinski definition) is 8. The van der Waals surface area contributed by atoms with E-state index in [0.29, 0.717) is 44.5 Å². The van der Waals surface area contributed by atoms with E-state index in [-0.39, 0.29) is 89.0 Å². The number of carbonyl (C=O) groups excluding carboxylic acids is 8. The van der Waals surface area contributed by atoms with Gasteiger partial charge in [0.2, 0.25) is 0 Å². The summed E-state index contributed by atoms with van der Waals surface area (Å²) in [6, 6.07) is 146. The summed E-state index contributed by atoms with van der Waals surface area (Å²) in [6.45, 7) is 0. The van der Waals surface area contributed by atoms with Gasteiger partial charge in [-0.3, -0.25) is 38.4 Å². The highest BCUT2D eigenvalue weighted by Crippen LogP contribution is 2.72. The van der Waals surface area contributed by atoms with Gasteiger partial charge in [0.1, 0.15) is 0 Å². The van der Waals surface area contributed by atoms with Crippen molar-refractivity contribution in [2.75, 3.05) is 0 Å². The Balaban J connectivity index is 1.30. The fourth-order valence-electron chi connectivity index (χ4n) is 20.0. The molecule has 0 aliphatic heterocycles. The van der Waals surface area contributed by atoms with Crippen molar-refractivity contribution in [3.8, 4) is 0 Å². The molecule has 17 aromatic carbocycles. The molecule has 0 saturated carbocycles. The molecule has 0 amide bonds. The summed E-state index contributed by atoms with van der Waals surface area (Å²) in [5.41, 5.74) is 2.37. The Kier molecular flexibility index (Phi) is 24.7. The lowest BCUT2D eigenvalue weighted by atomic mass is 9.49. The molecular weight excluding hydrogens is 1580 g/mol. The van der Waals surface area contributed by atoms with Gasteiger partial charge in [0.25, 0.3) is 0 Å². The first kappa shape index (κ1) is 83.7. The normalized spacial score (nSPS) is 14.7. The van der Waals surface area contributed by atoms with E-state index in [1.54, 1.807) is 194 Å². The van der Waals surface area contributed by atoms with E-state index in [4.69, 9.17) is 0 Å². The SMILES string of the molecule is O=C(c1ccccc1)C(C1=C(C(C(=O)c2ccccc2)c2ccccc2)C(C(C(=O)c2ccccc2)c2ccccc2)(C(C(=O)c2ccccc2)c2ccccc2)c2c1c(C(C(=O)c1ccccc1)c1ccccc1)c(C(C(=O)c1ccccc1)c1ccccc1)c(C(C(=O)c1ccccc1)c1ccccc1)c2C(C(=O)c1ccccc1)c1ccccc1)c1ccccc1. The Hall–Kier alpha value is -16.2. The Morgan fingerprint density at radius 3 is 0.558 bits per heavy atom. The van der Waals surface area contributed by atoms with Crippen molar-refractivity contribution in [1.82, 2.24) is 0 Å². The third kappa shape index (κ3) is 16.3. The number of rotatable bonds is 32. The molecule has 18 rings (SSSR count). The molecule has 17 aromatic rings. The van der Waals surface area contributed by atoms with Gasteiger partial charge in [0, 0.05) is 49.9 Å². The summed E-state index contributed by atoms with van der Waals surface area (Å²) < 4.78 is 0. The van der Waals surface area contributed by atoms with Crippen molar-refractivity contribution in [2.24, 2.45) is 0 Å². The highest BCUT2D eigenvalue weighted by Gasteiger charge is 2.67. The standard InChI is InChI=1S/C121H88O8/c122-113(89-65-33-9-34-66-89)97(81-49-17-1-18-50-81)103-104(98(82-51-19-2-20-52-82)114(123)90-67-35-10-36-68-90)106(100(84-55-23-4-24-56-84)116(125)92-71-39-12-40-72-92)112-108(105(103)99(83-53-21-3-22-54-83)115(124)91-69-37-11-38-70-91)107(101(85-57-25-5-26-58-85)117(126)93-73-41-13-42-74-93)111(102(86-59-27-6-28-60-86)118(127)94-75-43-14-44-76-94)121(112,109(87-61-29-7-30-62-87)119(128)95-77-45-15-46-78-95)110(88-63-31-8-32-64-88)120(129)96-79-47-16-48-80-96/h1-80,97-102,109-110H. The minimum absolute atomic E-state index is 0.0525. The second kappa shape index (κ2) is 38.1. The lowest BCUT2D eigenvalue weighted by Gasteiger charge is -2.50. The van der Waals surface area contributed by atoms with Crippen LogP contribution in [0, 0.1) is 0 Å². The van der Waals surface area contributed by atoms with Gasteiger partial charge in [0.05, 0.1) is 47.3 Å². The summed E-state index contributed by atoms with van der Waals surface area (Å²) in [7, 11) is 0. The second-order valence-electron chi connectivity index (χ2n) is 32.7. The van der Waals surface area contributed by atoms with Crippen LogP contribution in [0.5, 0.6) is 0 Å². The van der Waals surface area contributed by atoms with Gasteiger partial charge in [-0.15, -0.1) is 0 Å². The third-order valence-electron chi connectivity index (χ3n) is 25.3. The molecule has 1 aliphatic carbocycles. The van der Waals surface area contributed by atoms with E-state index < -0.39 is 99.0 Å². The van der Waals surface area contributed by atoms with Crippen molar-refractivity contribution >= 4 is 51.8 Å². The number of benzene rings is 17. The van der Waals surface area contributed by atoms with E-state index in [0.717, 1.165) is 0 Å². The van der Waals surface area contributed by atoms with Crippen molar-refractivity contribution in [3.63, 3.8) is 0 Å². The van der Waals surface area contributed by atoms with Crippen LogP contribution in [-0.4, -0.2) is 46.3 Å². The molecule has 8 unspecified atom stereocenters. The molecule has 620 valence electrons. The van der Waals surface area contributed by atoms with Gasteiger partial charge in [0.15, 0.2) is 46.3 Å². The predicted molar refractivity (Wildman–Crippen MR) is 511 cm³/mol. The zero-order chi connectivity index (χ0) is 88.2. The monoisotopic (exact) mass is 1670 g/mol. The lowest BCUT2D eigenvalue weighted by molar-refractivity contribution is 0.0833. The maximum absolute atomic E-state index is 19.4. The molecule has 0 N–H and O–H groups in total. The molecule has 0 saturated heterocycles. The van der Waals surface area contributed by atoms with Crippen LogP contribution in [0.3, 0.4) is 0 Å². The summed E-state index contributed by atoms with van der Waals surface area (Å²) in [4.78, 5) is 151. The Morgan fingerprint density at radius 1 is 0.155 bits per heavy atom. The van der Waals surface area contributed by atoms with E-state index in [9.17, 15) is 0 Å². The van der Waals surface area contributed by atoms with Crippen LogP contribution in [0.15, 0.2) is 491 Å². The minimum atomic E-state index is -2.71. The molecule has 8 atom stereocenters. The van der Waals surface area contributed by atoms with Crippen LogP contribution in [0.25, 0.3) is 5.57 Å². The van der Waals surface area contributed by atoms with Gasteiger partial charge in [-0.25, -0.2) is 0 Å². The molecule has 0 fully saturated rings. The largest absolute Gasteiger partial charge is 0.293 e. The highest BCUT2D eigenvalue weighted by atomic mass is 16.2. The Bertz CT molecular complexity index is 6800.